The lowest BCUT2D eigenvalue weighted by molar-refractivity contribution is 0.100. The fourth-order valence-corrected chi connectivity index (χ4v) is 3.14. The smallest absolute Gasteiger partial charge is 0.261 e. The van der Waals surface area contributed by atoms with Crippen LogP contribution in [0.4, 0.5) is 10.7 Å². The first-order valence-electron chi connectivity index (χ1n) is 5.59. The largest absolute Gasteiger partial charge is 0.396 e. The highest BCUT2D eigenvalue weighted by Crippen LogP contribution is 2.38. The molecule has 0 radical (unpaired) electrons. The Hall–Kier alpha value is -1.78. The maximum Gasteiger partial charge on any atom is 0.261 e. The van der Waals surface area contributed by atoms with Crippen LogP contribution < -0.4 is 16.4 Å². The Bertz CT molecular complexity index is 520. The minimum atomic E-state index is -0.627. The number of nitrogens with two attached hydrogens (primary N) is 2. The number of amides is 1. The van der Waals surface area contributed by atoms with Gasteiger partial charge < -0.3 is 21.5 Å². The van der Waals surface area contributed by atoms with Gasteiger partial charge in [-0.15, -0.1) is 11.3 Å². The summed E-state index contributed by atoms with van der Waals surface area (Å²) in [5.41, 5.74) is 11.4. The average molecular weight is 266 g/mol. The second-order valence-corrected chi connectivity index (χ2v) is 5.24. The predicted octanol–water partition coefficient (Wildman–Crippen LogP) is 0.262. The molecule has 0 saturated carbocycles. The summed E-state index contributed by atoms with van der Waals surface area (Å²) < 4.78 is 0. The molecule has 1 fully saturated rings. The van der Waals surface area contributed by atoms with E-state index in [1.807, 2.05) is 11.0 Å². The standard InChI is InChI=1S/C11H14N4O2S/c12-4-7-8(13)9(10(14)17)18-11(7)15-3-1-2-6(16)5-15/h6,16H,1-3,5,13H2,(H2,14,17). The van der Waals surface area contributed by atoms with Crippen LogP contribution in [-0.2, 0) is 0 Å². The van der Waals surface area contributed by atoms with E-state index < -0.39 is 12.0 Å². The van der Waals surface area contributed by atoms with Crippen LogP contribution in [0.25, 0.3) is 0 Å². The van der Waals surface area contributed by atoms with Crippen molar-refractivity contribution in [3.05, 3.63) is 10.4 Å². The number of aliphatic hydroxyl groups is 1. The number of β-amino-alcohol motifs (C(OH)–C–C–N with tert-alkyl or cyclic N) is 1. The SMILES string of the molecule is N#Cc1c(N2CCCC(O)C2)sc(C(N)=O)c1N. The Morgan fingerprint density at radius 2 is 2.33 bits per heavy atom. The lowest BCUT2D eigenvalue weighted by Crippen LogP contribution is -2.38. The number of rotatable bonds is 2. The van der Waals surface area contributed by atoms with Crippen molar-refractivity contribution < 1.29 is 9.90 Å². The molecule has 1 atom stereocenters. The topological polar surface area (TPSA) is 116 Å². The van der Waals surface area contributed by atoms with E-state index in [0.717, 1.165) is 30.7 Å². The minimum Gasteiger partial charge on any atom is -0.396 e. The number of carbonyl (C=O) groups excluding carboxylic acids is 1. The maximum absolute atomic E-state index is 11.2. The fraction of sp³-hybridized carbons (Fsp3) is 0.455. The van der Waals surface area contributed by atoms with Crippen molar-refractivity contribution in [1.82, 2.24) is 0 Å². The number of hydrogen-bond acceptors (Lipinski definition) is 6. The Kier molecular flexibility index (Phi) is 3.41. The van der Waals surface area contributed by atoms with Crippen LogP contribution in [0.15, 0.2) is 0 Å². The van der Waals surface area contributed by atoms with Gasteiger partial charge in [-0.2, -0.15) is 5.26 Å². The van der Waals surface area contributed by atoms with E-state index in [4.69, 9.17) is 16.7 Å². The van der Waals surface area contributed by atoms with Crippen molar-refractivity contribution in [2.75, 3.05) is 23.7 Å². The summed E-state index contributed by atoms with van der Waals surface area (Å²) in [5, 5.41) is 19.4. The third-order valence-electron chi connectivity index (χ3n) is 2.95. The van der Waals surface area contributed by atoms with Gasteiger partial charge in [-0.3, -0.25) is 4.79 Å². The molecule has 1 unspecified atom stereocenters. The van der Waals surface area contributed by atoms with Gasteiger partial charge in [0, 0.05) is 13.1 Å². The van der Waals surface area contributed by atoms with E-state index in [0.29, 0.717) is 11.5 Å². The molecule has 96 valence electrons. The van der Waals surface area contributed by atoms with Gasteiger partial charge in [-0.25, -0.2) is 0 Å². The van der Waals surface area contributed by atoms with E-state index >= 15 is 0 Å². The van der Waals surface area contributed by atoms with Crippen molar-refractivity contribution in [2.24, 2.45) is 5.73 Å². The minimum absolute atomic E-state index is 0.144. The van der Waals surface area contributed by atoms with Crippen molar-refractivity contribution in [2.45, 2.75) is 18.9 Å². The molecule has 1 saturated heterocycles. The van der Waals surface area contributed by atoms with Crippen molar-refractivity contribution >= 4 is 27.9 Å². The number of nitrogen functional groups attached to an aromatic ring is 1. The maximum atomic E-state index is 11.2. The average Bonchev–Trinajstić information content (AvgIpc) is 2.66. The van der Waals surface area contributed by atoms with Gasteiger partial charge in [0.2, 0.25) is 0 Å². The van der Waals surface area contributed by atoms with E-state index in [1.54, 1.807) is 0 Å². The summed E-state index contributed by atoms with van der Waals surface area (Å²) in [6.07, 6.45) is 1.18. The highest BCUT2D eigenvalue weighted by molar-refractivity contribution is 7.19. The molecule has 1 aromatic rings. The number of nitriles is 1. The molecular formula is C11H14N4O2S. The summed E-state index contributed by atoms with van der Waals surface area (Å²) in [6, 6.07) is 2.01. The van der Waals surface area contributed by atoms with E-state index in [1.165, 1.54) is 0 Å². The first kappa shape index (κ1) is 12.7. The van der Waals surface area contributed by atoms with Crippen molar-refractivity contribution in [3.63, 3.8) is 0 Å². The highest BCUT2D eigenvalue weighted by Gasteiger charge is 2.26. The third-order valence-corrected chi connectivity index (χ3v) is 4.23. The lowest BCUT2D eigenvalue weighted by atomic mass is 10.1. The Morgan fingerprint density at radius 1 is 1.61 bits per heavy atom. The monoisotopic (exact) mass is 266 g/mol. The fourth-order valence-electron chi connectivity index (χ4n) is 2.08. The number of anilines is 2. The van der Waals surface area contributed by atoms with Gasteiger partial charge in [0.1, 0.15) is 21.5 Å². The molecule has 1 aromatic heterocycles. The first-order valence-corrected chi connectivity index (χ1v) is 6.41. The first-order chi connectivity index (χ1) is 8.54. The number of piperidine rings is 1. The summed E-state index contributed by atoms with van der Waals surface area (Å²) in [5.74, 6) is -0.627. The normalized spacial score (nSPS) is 19.6. The van der Waals surface area contributed by atoms with Crippen LogP contribution in [0.1, 0.15) is 28.1 Å². The zero-order valence-corrected chi connectivity index (χ0v) is 10.5. The molecular weight excluding hydrogens is 252 g/mol. The number of hydrogen-bond donors (Lipinski definition) is 3. The van der Waals surface area contributed by atoms with Gasteiger partial charge in [-0.05, 0) is 12.8 Å². The Morgan fingerprint density at radius 3 is 2.89 bits per heavy atom. The van der Waals surface area contributed by atoms with E-state index in [9.17, 15) is 9.90 Å². The number of carbonyl (C=O) groups is 1. The molecule has 1 aliphatic rings. The second-order valence-electron chi connectivity index (χ2n) is 4.24. The lowest BCUT2D eigenvalue weighted by Gasteiger charge is -2.30. The molecule has 2 rings (SSSR count). The quantitative estimate of drug-likeness (QED) is 0.710. The van der Waals surface area contributed by atoms with Gasteiger partial charge >= 0.3 is 0 Å². The molecule has 5 N–H and O–H groups in total. The van der Waals surface area contributed by atoms with Crippen molar-refractivity contribution in [3.8, 4) is 6.07 Å². The number of thiophene rings is 1. The van der Waals surface area contributed by atoms with Crippen LogP contribution in [0.5, 0.6) is 0 Å². The Labute approximate surface area is 108 Å². The number of aliphatic hydroxyl groups excluding tert-OH is 1. The van der Waals surface area contributed by atoms with Gasteiger partial charge in [-0.1, -0.05) is 0 Å². The Balaban J connectivity index is 2.41. The van der Waals surface area contributed by atoms with Crippen LogP contribution in [0.2, 0.25) is 0 Å². The van der Waals surface area contributed by atoms with E-state index in [-0.39, 0.29) is 16.1 Å². The third kappa shape index (κ3) is 2.12. The zero-order valence-electron chi connectivity index (χ0n) is 9.72. The van der Waals surface area contributed by atoms with E-state index in [2.05, 4.69) is 0 Å². The molecule has 6 nitrogen and oxygen atoms in total. The molecule has 7 heteroatoms. The zero-order chi connectivity index (χ0) is 13.3. The highest BCUT2D eigenvalue weighted by atomic mass is 32.1. The van der Waals surface area contributed by atoms with Crippen molar-refractivity contribution in [1.29, 1.82) is 5.26 Å². The second kappa shape index (κ2) is 4.84. The molecule has 1 aliphatic heterocycles. The predicted molar refractivity (Wildman–Crippen MR) is 69.4 cm³/mol. The molecule has 2 heterocycles. The molecule has 0 aromatic carbocycles. The summed E-state index contributed by atoms with van der Waals surface area (Å²) in [6.45, 7) is 1.19. The molecule has 18 heavy (non-hydrogen) atoms. The van der Waals surface area contributed by atoms with Gasteiger partial charge in [0.15, 0.2) is 0 Å². The number of nitrogens with zero attached hydrogens (tertiary/aromatic N) is 2. The van der Waals surface area contributed by atoms with Crippen LogP contribution in [0.3, 0.4) is 0 Å². The van der Waals surface area contributed by atoms with Crippen LogP contribution in [-0.4, -0.2) is 30.2 Å². The molecule has 1 amide bonds. The number of primary amides is 1. The summed E-state index contributed by atoms with van der Waals surface area (Å²) >= 11 is 1.12. The van der Waals surface area contributed by atoms with Crippen LogP contribution >= 0.6 is 11.3 Å². The molecule has 0 bridgehead atoms. The molecule has 0 spiro atoms. The van der Waals surface area contributed by atoms with Crippen LogP contribution in [0, 0.1) is 11.3 Å². The summed E-state index contributed by atoms with van der Waals surface area (Å²) in [4.78, 5) is 13.3. The summed E-state index contributed by atoms with van der Waals surface area (Å²) in [7, 11) is 0. The van der Waals surface area contributed by atoms with Gasteiger partial charge in [0.05, 0.1) is 11.8 Å². The van der Waals surface area contributed by atoms with Gasteiger partial charge in [0.25, 0.3) is 5.91 Å². The molecule has 0 aliphatic carbocycles.